The molecule has 1 atom stereocenters. The molecular weight excluding hydrogens is 309 g/mol. The highest BCUT2D eigenvalue weighted by Crippen LogP contribution is 2.30. The van der Waals surface area contributed by atoms with Crippen molar-refractivity contribution in [3.05, 3.63) is 57.6 Å². The molecule has 0 fully saturated rings. The standard InChI is InChI=1S/C16H17Cl2NO2/c1-10(19)13-5-4-12(20-2)8-16(13)21-9-11-3-6-14(17)15(18)7-11/h3-8,10H,9,19H2,1-2H3/t10-/m0/s1. The lowest BCUT2D eigenvalue weighted by Crippen LogP contribution is -2.08. The van der Waals surface area contributed by atoms with Crippen LogP contribution in [0.1, 0.15) is 24.1 Å². The Morgan fingerprint density at radius 2 is 1.86 bits per heavy atom. The van der Waals surface area contributed by atoms with E-state index in [9.17, 15) is 0 Å². The van der Waals surface area contributed by atoms with Gasteiger partial charge >= 0.3 is 0 Å². The third-order valence-corrected chi connectivity index (χ3v) is 3.83. The zero-order valence-corrected chi connectivity index (χ0v) is 13.4. The molecule has 0 saturated carbocycles. The van der Waals surface area contributed by atoms with Gasteiger partial charge in [0, 0.05) is 17.7 Å². The van der Waals surface area contributed by atoms with Gasteiger partial charge in [0.05, 0.1) is 17.2 Å². The van der Waals surface area contributed by atoms with E-state index in [4.69, 9.17) is 38.4 Å². The maximum absolute atomic E-state index is 6.00. The van der Waals surface area contributed by atoms with Gasteiger partial charge in [-0.1, -0.05) is 35.3 Å². The van der Waals surface area contributed by atoms with Crippen LogP contribution in [-0.4, -0.2) is 7.11 Å². The van der Waals surface area contributed by atoms with Gasteiger partial charge in [0.2, 0.25) is 0 Å². The van der Waals surface area contributed by atoms with Crippen LogP contribution in [0, 0.1) is 0 Å². The second-order valence-corrected chi connectivity index (χ2v) is 5.54. The van der Waals surface area contributed by atoms with Crippen LogP contribution in [0.25, 0.3) is 0 Å². The summed E-state index contributed by atoms with van der Waals surface area (Å²) in [7, 11) is 1.61. The first-order valence-corrected chi connectivity index (χ1v) is 7.27. The van der Waals surface area contributed by atoms with Crippen molar-refractivity contribution in [2.24, 2.45) is 5.73 Å². The third-order valence-electron chi connectivity index (χ3n) is 3.09. The van der Waals surface area contributed by atoms with Gasteiger partial charge in [-0.2, -0.15) is 0 Å². The van der Waals surface area contributed by atoms with Crippen molar-refractivity contribution >= 4 is 23.2 Å². The lowest BCUT2D eigenvalue weighted by molar-refractivity contribution is 0.299. The fourth-order valence-corrected chi connectivity index (χ4v) is 2.25. The van der Waals surface area contributed by atoms with Crippen molar-refractivity contribution in [1.82, 2.24) is 0 Å². The quantitative estimate of drug-likeness (QED) is 0.873. The summed E-state index contributed by atoms with van der Waals surface area (Å²) in [6, 6.07) is 10.9. The lowest BCUT2D eigenvalue weighted by atomic mass is 10.1. The second-order valence-electron chi connectivity index (χ2n) is 4.73. The highest BCUT2D eigenvalue weighted by Gasteiger charge is 2.10. The molecule has 0 aliphatic heterocycles. The molecule has 0 heterocycles. The molecule has 0 aliphatic carbocycles. The van der Waals surface area contributed by atoms with Crippen LogP contribution in [0.15, 0.2) is 36.4 Å². The van der Waals surface area contributed by atoms with Gasteiger partial charge in [-0.3, -0.25) is 0 Å². The van der Waals surface area contributed by atoms with Crippen molar-refractivity contribution in [2.45, 2.75) is 19.6 Å². The molecule has 5 heteroatoms. The Hall–Kier alpha value is -1.42. The number of hydrogen-bond acceptors (Lipinski definition) is 3. The molecule has 2 N–H and O–H groups in total. The summed E-state index contributed by atoms with van der Waals surface area (Å²) in [5, 5.41) is 1.04. The average Bonchev–Trinajstić information content (AvgIpc) is 2.48. The van der Waals surface area contributed by atoms with Gasteiger partial charge in [0.1, 0.15) is 18.1 Å². The molecule has 3 nitrogen and oxygen atoms in total. The summed E-state index contributed by atoms with van der Waals surface area (Å²) in [4.78, 5) is 0. The predicted molar refractivity (Wildman–Crippen MR) is 86.4 cm³/mol. The molecule has 0 unspecified atom stereocenters. The number of benzene rings is 2. The van der Waals surface area contributed by atoms with Crippen LogP contribution in [0.2, 0.25) is 10.0 Å². The fourth-order valence-electron chi connectivity index (χ4n) is 1.93. The first kappa shape index (κ1) is 16.0. The average molecular weight is 326 g/mol. The molecule has 0 radical (unpaired) electrons. The molecule has 2 aromatic carbocycles. The Morgan fingerprint density at radius 1 is 1.10 bits per heavy atom. The van der Waals surface area contributed by atoms with Crippen molar-refractivity contribution in [3.63, 3.8) is 0 Å². The summed E-state index contributed by atoms with van der Waals surface area (Å²) >= 11 is 11.9. The zero-order chi connectivity index (χ0) is 15.4. The molecular formula is C16H17Cl2NO2. The van der Waals surface area contributed by atoms with Gasteiger partial charge < -0.3 is 15.2 Å². The highest BCUT2D eigenvalue weighted by molar-refractivity contribution is 6.42. The van der Waals surface area contributed by atoms with Crippen molar-refractivity contribution < 1.29 is 9.47 Å². The molecule has 0 aromatic heterocycles. The monoisotopic (exact) mass is 325 g/mol. The second kappa shape index (κ2) is 7.03. The molecule has 0 saturated heterocycles. The van der Waals surface area contributed by atoms with Gasteiger partial charge in [-0.15, -0.1) is 0 Å². The number of hydrogen-bond donors (Lipinski definition) is 1. The van der Waals surface area contributed by atoms with E-state index in [1.54, 1.807) is 19.2 Å². The number of rotatable bonds is 5. The van der Waals surface area contributed by atoms with Gasteiger partial charge in [0.25, 0.3) is 0 Å². The van der Waals surface area contributed by atoms with E-state index < -0.39 is 0 Å². The molecule has 2 aromatic rings. The fraction of sp³-hybridized carbons (Fsp3) is 0.250. The van der Waals surface area contributed by atoms with E-state index in [0.717, 1.165) is 16.9 Å². The van der Waals surface area contributed by atoms with Crippen LogP contribution >= 0.6 is 23.2 Å². The van der Waals surface area contributed by atoms with Crippen LogP contribution in [0.4, 0.5) is 0 Å². The Bertz CT molecular complexity index is 630. The van der Waals surface area contributed by atoms with Crippen LogP contribution in [0.5, 0.6) is 11.5 Å². The summed E-state index contributed by atoms with van der Waals surface area (Å²) in [6.07, 6.45) is 0. The van der Waals surface area contributed by atoms with E-state index in [2.05, 4.69) is 0 Å². The zero-order valence-electron chi connectivity index (χ0n) is 11.9. The summed E-state index contributed by atoms with van der Waals surface area (Å²) in [6.45, 7) is 2.29. The van der Waals surface area contributed by atoms with Crippen LogP contribution in [-0.2, 0) is 6.61 Å². The summed E-state index contributed by atoms with van der Waals surface area (Å²) < 4.78 is 11.1. The largest absolute Gasteiger partial charge is 0.497 e. The first-order valence-electron chi connectivity index (χ1n) is 6.51. The minimum atomic E-state index is -0.125. The van der Waals surface area contributed by atoms with E-state index >= 15 is 0 Å². The maximum Gasteiger partial charge on any atom is 0.128 e. The molecule has 21 heavy (non-hydrogen) atoms. The lowest BCUT2D eigenvalue weighted by Gasteiger charge is -2.15. The van der Waals surface area contributed by atoms with Crippen LogP contribution < -0.4 is 15.2 Å². The van der Waals surface area contributed by atoms with E-state index in [1.807, 2.05) is 31.2 Å². The number of methoxy groups -OCH3 is 1. The minimum absolute atomic E-state index is 0.125. The Balaban J connectivity index is 2.19. The summed E-state index contributed by atoms with van der Waals surface area (Å²) in [5.41, 5.74) is 7.82. The normalized spacial score (nSPS) is 12.0. The number of nitrogens with two attached hydrogens (primary N) is 1. The predicted octanol–water partition coefficient (Wildman–Crippen LogP) is 4.60. The molecule has 0 amide bonds. The number of ether oxygens (including phenoxy) is 2. The Labute approximate surface area is 134 Å². The minimum Gasteiger partial charge on any atom is -0.497 e. The Kier molecular flexibility index (Phi) is 5.34. The van der Waals surface area contributed by atoms with E-state index in [-0.39, 0.29) is 6.04 Å². The third kappa shape index (κ3) is 4.03. The van der Waals surface area contributed by atoms with Crippen LogP contribution in [0.3, 0.4) is 0 Å². The van der Waals surface area contributed by atoms with Crippen molar-refractivity contribution in [1.29, 1.82) is 0 Å². The van der Waals surface area contributed by atoms with Gasteiger partial charge in [-0.25, -0.2) is 0 Å². The highest BCUT2D eigenvalue weighted by atomic mass is 35.5. The SMILES string of the molecule is COc1ccc([C@H](C)N)c(OCc2ccc(Cl)c(Cl)c2)c1. The molecule has 112 valence electrons. The van der Waals surface area contributed by atoms with Crippen molar-refractivity contribution in [2.75, 3.05) is 7.11 Å². The van der Waals surface area contributed by atoms with E-state index in [0.29, 0.717) is 22.4 Å². The topological polar surface area (TPSA) is 44.5 Å². The number of halogens is 2. The molecule has 0 spiro atoms. The van der Waals surface area contributed by atoms with Gasteiger partial charge in [-0.05, 0) is 30.7 Å². The molecule has 0 bridgehead atoms. The smallest absolute Gasteiger partial charge is 0.128 e. The van der Waals surface area contributed by atoms with Gasteiger partial charge in [0.15, 0.2) is 0 Å². The molecule has 2 rings (SSSR count). The Morgan fingerprint density at radius 3 is 2.48 bits per heavy atom. The maximum atomic E-state index is 6.00. The first-order chi connectivity index (χ1) is 10.0. The van der Waals surface area contributed by atoms with E-state index in [1.165, 1.54) is 0 Å². The molecule has 0 aliphatic rings. The van der Waals surface area contributed by atoms with Crippen molar-refractivity contribution in [3.8, 4) is 11.5 Å². The summed E-state index contributed by atoms with van der Waals surface area (Å²) in [5.74, 6) is 1.43.